The maximum Gasteiger partial charge on any atom is 0.262 e. The van der Waals surface area contributed by atoms with Gasteiger partial charge in [-0.15, -0.1) is 0 Å². The molecule has 0 unspecified atom stereocenters. The van der Waals surface area contributed by atoms with Crippen molar-refractivity contribution in [2.75, 3.05) is 12.4 Å². The fourth-order valence-electron chi connectivity index (χ4n) is 1.54. The van der Waals surface area contributed by atoms with Gasteiger partial charge in [-0.2, -0.15) is 4.39 Å². The van der Waals surface area contributed by atoms with Crippen LogP contribution in [0, 0.1) is 11.8 Å². The van der Waals surface area contributed by atoms with Crippen LogP contribution in [-0.4, -0.2) is 18.0 Å². The van der Waals surface area contributed by atoms with Crippen LogP contribution < -0.4 is 10.1 Å². The average molecular weight is 264 g/mol. The van der Waals surface area contributed by atoms with Crippen LogP contribution in [-0.2, 0) is 0 Å². The number of carbonyl (C=O) groups is 1. The Balaban J connectivity index is 2.27. The van der Waals surface area contributed by atoms with Crippen LogP contribution in [0.3, 0.4) is 0 Å². The lowest BCUT2D eigenvalue weighted by molar-refractivity contribution is 0.102. The molecule has 0 bridgehead atoms. The lowest BCUT2D eigenvalue weighted by atomic mass is 10.1. The summed E-state index contributed by atoms with van der Waals surface area (Å²) >= 11 is 0. The maximum atomic E-state index is 13.6. The van der Waals surface area contributed by atoms with E-state index >= 15 is 0 Å². The molecule has 1 heterocycles. The highest BCUT2D eigenvalue weighted by atomic mass is 19.1. The maximum absolute atomic E-state index is 13.6. The van der Waals surface area contributed by atoms with Gasteiger partial charge in [0.15, 0.2) is 0 Å². The van der Waals surface area contributed by atoms with Crippen LogP contribution in [0.5, 0.6) is 5.75 Å². The molecule has 0 aliphatic carbocycles. The predicted molar refractivity (Wildman–Crippen MR) is 65.1 cm³/mol. The van der Waals surface area contributed by atoms with Gasteiger partial charge in [0.2, 0.25) is 5.95 Å². The molecule has 1 N–H and O–H groups in total. The van der Waals surface area contributed by atoms with Crippen molar-refractivity contribution in [3.05, 3.63) is 53.9 Å². The number of anilines is 1. The van der Waals surface area contributed by atoms with E-state index in [-0.39, 0.29) is 17.0 Å². The molecular weight excluding hydrogens is 254 g/mol. The second-order valence-electron chi connectivity index (χ2n) is 3.64. The highest BCUT2D eigenvalue weighted by molar-refractivity contribution is 6.06. The number of halogens is 2. The summed E-state index contributed by atoms with van der Waals surface area (Å²) in [7, 11) is 1.34. The van der Waals surface area contributed by atoms with Crippen molar-refractivity contribution in [2.45, 2.75) is 0 Å². The number of carbonyl (C=O) groups excluding carboxylic acids is 1. The van der Waals surface area contributed by atoms with E-state index in [1.807, 2.05) is 0 Å². The van der Waals surface area contributed by atoms with E-state index in [1.165, 1.54) is 25.3 Å². The van der Waals surface area contributed by atoms with Crippen LogP contribution in [0.4, 0.5) is 14.5 Å². The number of methoxy groups -OCH3 is 1. The lowest BCUT2D eigenvalue weighted by Crippen LogP contribution is -2.15. The zero-order valence-electron chi connectivity index (χ0n) is 9.98. The molecule has 4 nitrogen and oxygen atoms in total. The molecule has 0 atom stereocenters. The van der Waals surface area contributed by atoms with E-state index in [1.54, 1.807) is 0 Å². The largest absolute Gasteiger partial charge is 0.496 e. The summed E-state index contributed by atoms with van der Waals surface area (Å²) < 4.78 is 31.2. The van der Waals surface area contributed by atoms with Gasteiger partial charge in [0.05, 0.1) is 19.0 Å². The SMILES string of the molecule is COc1cccc(F)c1C(=O)Nc1ccc(F)nc1. The Morgan fingerprint density at radius 1 is 1.26 bits per heavy atom. The summed E-state index contributed by atoms with van der Waals surface area (Å²) in [5.41, 5.74) is 0.0473. The number of aromatic nitrogens is 1. The molecule has 2 rings (SSSR count). The third-order valence-electron chi connectivity index (χ3n) is 2.41. The molecule has 19 heavy (non-hydrogen) atoms. The van der Waals surface area contributed by atoms with Gasteiger partial charge < -0.3 is 10.1 Å². The number of ether oxygens (including phenoxy) is 1. The van der Waals surface area contributed by atoms with E-state index in [9.17, 15) is 13.6 Å². The molecule has 0 saturated heterocycles. The molecular formula is C13H10F2N2O2. The van der Waals surface area contributed by atoms with Gasteiger partial charge in [0.25, 0.3) is 5.91 Å². The highest BCUT2D eigenvalue weighted by Gasteiger charge is 2.17. The summed E-state index contributed by atoms with van der Waals surface area (Å²) in [4.78, 5) is 15.3. The monoisotopic (exact) mass is 264 g/mol. The fourth-order valence-corrected chi connectivity index (χ4v) is 1.54. The number of rotatable bonds is 3. The van der Waals surface area contributed by atoms with Crippen molar-refractivity contribution < 1.29 is 18.3 Å². The van der Waals surface area contributed by atoms with Crippen molar-refractivity contribution in [3.63, 3.8) is 0 Å². The third kappa shape index (κ3) is 2.85. The number of nitrogens with zero attached hydrogens (tertiary/aromatic N) is 1. The molecule has 0 spiro atoms. The second-order valence-corrected chi connectivity index (χ2v) is 3.64. The van der Waals surface area contributed by atoms with Crippen LogP contribution in [0.25, 0.3) is 0 Å². The number of benzene rings is 1. The Hall–Kier alpha value is -2.50. The first-order valence-corrected chi connectivity index (χ1v) is 5.37. The van der Waals surface area contributed by atoms with Crippen molar-refractivity contribution in [2.24, 2.45) is 0 Å². The number of amides is 1. The molecule has 0 aliphatic heterocycles. The van der Waals surface area contributed by atoms with Crippen LogP contribution >= 0.6 is 0 Å². The van der Waals surface area contributed by atoms with Crippen LogP contribution in [0.15, 0.2) is 36.5 Å². The molecule has 98 valence electrons. The topological polar surface area (TPSA) is 51.2 Å². The van der Waals surface area contributed by atoms with E-state index in [4.69, 9.17) is 4.74 Å². The minimum absolute atomic E-state index is 0.118. The van der Waals surface area contributed by atoms with Gasteiger partial charge >= 0.3 is 0 Å². The summed E-state index contributed by atoms with van der Waals surface area (Å²) in [5.74, 6) is -1.94. The average Bonchev–Trinajstić information content (AvgIpc) is 2.40. The molecule has 0 radical (unpaired) electrons. The molecule has 0 saturated carbocycles. The third-order valence-corrected chi connectivity index (χ3v) is 2.41. The first kappa shape index (κ1) is 12.9. The normalized spacial score (nSPS) is 10.1. The molecule has 2 aromatic rings. The van der Waals surface area contributed by atoms with Crippen molar-refractivity contribution in [3.8, 4) is 5.75 Å². The first-order chi connectivity index (χ1) is 9.11. The van der Waals surface area contributed by atoms with E-state index in [0.717, 1.165) is 18.3 Å². The minimum atomic E-state index is -0.702. The summed E-state index contributed by atoms with van der Waals surface area (Å²) in [6, 6.07) is 6.48. The Kier molecular flexibility index (Phi) is 3.70. The lowest BCUT2D eigenvalue weighted by Gasteiger charge is -2.09. The predicted octanol–water partition coefficient (Wildman–Crippen LogP) is 2.62. The molecule has 1 amide bonds. The quantitative estimate of drug-likeness (QED) is 0.867. The van der Waals surface area contributed by atoms with Crippen molar-refractivity contribution in [1.82, 2.24) is 4.98 Å². The van der Waals surface area contributed by atoms with Gasteiger partial charge in [-0.3, -0.25) is 4.79 Å². The van der Waals surface area contributed by atoms with Gasteiger partial charge in [0, 0.05) is 0 Å². The molecule has 1 aromatic heterocycles. The number of nitrogens with one attached hydrogen (secondary N) is 1. The van der Waals surface area contributed by atoms with Crippen molar-refractivity contribution in [1.29, 1.82) is 0 Å². The Bertz CT molecular complexity index is 600. The minimum Gasteiger partial charge on any atom is -0.496 e. The zero-order chi connectivity index (χ0) is 13.8. The number of pyridine rings is 1. The van der Waals surface area contributed by atoms with Crippen molar-refractivity contribution >= 4 is 11.6 Å². The van der Waals surface area contributed by atoms with E-state index in [2.05, 4.69) is 10.3 Å². The highest BCUT2D eigenvalue weighted by Crippen LogP contribution is 2.22. The summed E-state index contributed by atoms with van der Waals surface area (Å²) in [6.07, 6.45) is 1.14. The second kappa shape index (κ2) is 5.43. The van der Waals surface area contributed by atoms with Gasteiger partial charge in [0.1, 0.15) is 17.1 Å². The molecule has 0 aliphatic rings. The summed E-state index contributed by atoms with van der Waals surface area (Å²) in [6.45, 7) is 0. The van der Waals surface area contributed by atoms with E-state index < -0.39 is 17.7 Å². The fraction of sp³-hybridized carbons (Fsp3) is 0.0769. The van der Waals surface area contributed by atoms with E-state index in [0.29, 0.717) is 0 Å². The number of hydrogen-bond acceptors (Lipinski definition) is 3. The molecule has 1 aromatic carbocycles. The molecule has 0 fully saturated rings. The molecule has 6 heteroatoms. The first-order valence-electron chi connectivity index (χ1n) is 5.37. The van der Waals surface area contributed by atoms with Gasteiger partial charge in [-0.1, -0.05) is 6.07 Å². The van der Waals surface area contributed by atoms with Gasteiger partial charge in [-0.25, -0.2) is 9.37 Å². The number of hydrogen-bond donors (Lipinski definition) is 1. The van der Waals surface area contributed by atoms with Crippen LogP contribution in [0.1, 0.15) is 10.4 Å². The summed E-state index contributed by atoms with van der Waals surface area (Å²) in [5, 5.41) is 2.41. The van der Waals surface area contributed by atoms with Gasteiger partial charge in [-0.05, 0) is 24.3 Å². The smallest absolute Gasteiger partial charge is 0.262 e. The Morgan fingerprint density at radius 2 is 2.05 bits per heavy atom. The zero-order valence-corrected chi connectivity index (χ0v) is 9.98. The standard InChI is InChI=1S/C13H10F2N2O2/c1-19-10-4-2-3-9(14)12(10)13(18)17-8-5-6-11(15)16-7-8/h2-7H,1H3,(H,17,18). The Morgan fingerprint density at radius 3 is 2.68 bits per heavy atom. The van der Waals surface area contributed by atoms with Crippen LogP contribution in [0.2, 0.25) is 0 Å². The Labute approximate surface area is 108 Å².